The quantitative estimate of drug-likeness (QED) is 0.465. The largest absolute Gasteiger partial charge is 0.370 e. The summed E-state index contributed by atoms with van der Waals surface area (Å²) in [6, 6.07) is 4.05. The third-order valence-electron chi connectivity index (χ3n) is 6.27. The zero-order valence-electron chi connectivity index (χ0n) is 18.3. The third-order valence-corrected chi connectivity index (χ3v) is 8.20. The van der Waals surface area contributed by atoms with Crippen molar-refractivity contribution in [3.63, 3.8) is 0 Å². The molecule has 1 atom stereocenters. The molecule has 3 rings (SSSR count). The van der Waals surface area contributed by atoms with Crippen molar-refractivity contribution in [3.05, 3.63) is 28.3 Å². The molecule has 2 fully saturated rings. The van der Waals surface area contributed by atoms with Crippen LogP contribution in [0.1, 0.15) is 46.0 Å². The Morgan fingerprint density at radius 2 is 1.81 bits per heavy atom. The Balaban J connectivity index is 1.96. The molecule has 2 saturated heterocycles. The normalized spacial score (nSPS) is 20.5. The molecular weight excluding hydrogens is 420 g/mol. The van der Waals surface area contributed by atoms with Gasteiger partial charge in [-0.1, -0.05) is 6.42 Å². The van der Waals surface area contributed by atoms with Gasteiger partial charge in [-0.15, -0.1) is 0 Å². The van der Waals surface area contributed by atoms with Crippen molar-refractivity contribution in [2.75, 3.05) is 44.2 Å². The van der Waals surface area contributed by atoms with Crippen LogP contribution in [0.25, 0.3) is 0 Å². The summed E-state index contributed by atoms with van der Waals surface area (Å²) in [5.74, 6) is -0.133. The SMILES string of the molecule is CCN(CC)C(=O)C1CCCN(c2ccc([N+](=O)[O-])cc2S(=O)(=O)N2CCCCC2)C1. The van der Waals surface area contributed by atoms with Gasteiger partial charge in [0.05, 0.1) is 16.5 Å². The number of carbonyl (C=O) groups excluding carboxylic acids is 1. The van der Waals surface area contributed by atoms with Gasteiger partial charge in [0.15, 0.2) is 0 Å². The van der Waals surface area contributed by atoms with Crippen molar-refractivity contribution in [1.82, 2.24) is 9.21 Å². The van der Waals surface area contributed by atoms with Gasteiger partial charge >= 0.3 is 0 Å². The van der Waals surface area contributed by atoms with Gasteiger partial charge in [-0.3, -0.25) is 14.9 Å². The summed E-state index contributed by atoms with van der Waals surface area (Å²) in [6.07, 6.45) is 4.07. The van der Waals surface area contributed by atoms with Crippen LogP contribution < -0.4 is 4.90 Å². The summed E-state index contributed by atoms with van der Waals surface area (Å²) in [5, 5.41) is 11.4. The number of sulfonamides is 1. The maximum atomic E-state index is 13.4. The fourth-order valence-electron chi connectivity index (χ4n) is 4.52. The number of carbonyl (C=O) groups is 1. The van der Waals surface area contributed by atoms with Crippen molar-refractivity contribution in [1.29, 1.82) is 0 Å². The van der Waals surface area contributed by atoms with Crippen molar-refractivity contribution >= 4 is 27.3 Å². The second-order valence-corrected chi connectivity index (χ2v) is 10.1. The van der Waals surface area contributed by atoms with E-state index in [0.29, 0.717) is 45.0 Å². The number of rotatable bonds is 7. The molecule has 31 heavy (non-hydrogen) atoms. The molecule has 1 aromatic rings. The molecule has 1 unspecified atom stereocenters. The maximum Gasteiger partial charge on any atom is 0.270 e. The lowest BCUT2D eigenvalue weighted by atomic mass is 9.96. The molecule has 0 spiro atoms. The Morgan fingerprint density at radius 1 is 1.13 bits per heavy atom. The first kappa shape index (κ1) is 23.5. The second kappa shape index (κ2) is 9.95. The molecule has 2 aliphatic rings. The fraction of sp³-hybridized carbons (Fsp3) is 0.667. The van der Waals surface area contributed by atoms with Gasteiger partial charge in [-0.2, -0.15) is 4.31 Å². The molecule has 0 saturated carbocycles. The van der Waals surface area contributed by atoms with E-state index in [4.69, 9.17) is 0 Å². The summed E-state index contributed by atoms with van der Waals surface area (Å²) in [6.45, 7) is 7.04. The first-order valence-corrected chi connectivity index (χ1v) is 12.6. The third kappa shape index (κ3) is 5.01. The Labute approximate surface area is 184 Å². The number of hydrogen-bond acceptors (Lipinski definition) is 6. The predicted octanol–water partition coefficient (Wildman–Crippen LogP) is 2.85. The van der Waals surface area contributed by atoms with E-state index in [1.54, 1.807) is 4.90 Å². The zero-order valence-corrected chi connectivity index (χ0v) is 19.1. The Kier molecular flexibility index (Phi) is 7.53. The fourth-order valence-corrected chi connectivity index (χ4v) is 6.27. The number of benzene rings is 1. The van der Waals surface area contributed by atoms with Gasteiger partial charge in [0.25, 0.3) is 5.69 Å². The lowest BCUT2D eigenvalue weighted by Crippen LogP contribution is -2.45. The Bertz CT molecular complexity index is 910. The van der Waals surface area contributed by atoms with Crippen molar-refractivity contribution in [2.24, 2.45) is 5.92 Å². The van der Waals surface area contributed by atoms with Gasteiger partial charge < -0.3 is 9.80 Å². The van der Waals surface area contributed by atoms with Crippen molar-refractivity contribution < 1.29 is 18.1 Å². The molecule has 2 aliphatic heterocycles. The number of nitro benzene ring substituents is 1. The number of nitrogens with zero attached hydrogens (tertiary/aromatic N) is 4. The van der Waals surface area contributed by atoms with E-state index in [0.717, 1.165) is 32.1 Å². The minimum absolute atomic E-state index is 0.0282. The average molecular weight is 453 g/mol. The summed E-state index contributed by atoms with van der Waals surface area (Å²) >= 11 is 0. The molecule has 10 heteroatoms. The smallest absolute Gasteiger partial charge is 0.270 e. The van der Waals surface area contributed by atoms with E-state index in [1.807, 2.05) is 18.7 Å². The van der Waals surface area contributed by atoms with Crippen LogP contribution in [0.2, 0.25) is 0 Å². The molecule has 0 aromatic heterocycles. The summed E-state index contributed by atoms with van der Waals surface area (Å²) in [5.41, 5.74) is 0.209. The molecule has 0 N–H and O–H groups in total. The maximum absolute atomic E-state index is 13.4. The lowest BCUT2D eigenvalue weighted by molar-refractivity contribution is -0.385. The Morgan fingerprint density at radius 3 is 2.42 bits per heavy atom. The number of non-ortho nitro benzene ring substituents is 1. The van der Waals surface area contributed by atoms with E-state index in [2.05, 4.69) is 0 Å². The molecule has 9 nitrogen and oxygen atoms in total. The van der Waals surface area contributed by atoms with Gasteiger partial charge in [-0.25, -0.2) is 8.42 Å². The Hall–Kier alpha value is -2.20. The molecule has 1 amide bonds. The number of nitro groups is 1. The number of anilines is 1. The monoisotopic (exact) mass is 452 g/mol. The first-order valence-electron chi connectivity index (χ1n) is 11.1. The predicted molar refractivity (Wildman–Crippen MR) is 119 cm³/mol. The van der Waals surface area contributed by atoms with Gasteiger partial charge in [-0.05, 0) is 45.6 Å². The van der Waals surface area contributed by atoms with Gasteiger partial charge in [0.2, 0.25) is 15.9 Å². The second-order valence-electron chi connectivity index (χ2n) is 8.17. The highest BCUT2D eigenvalue weighted by Crippen LogP contribution is 2.35. The topological polar surface area (TPSA) is 104 Å². The van der Waals surface area contributed by atoms with Crippen LogP contribution in [0, 0.1) is 16.0 Å². The van der Waals surface area contributed by atoms with E-state index in [9.17, 15) is 23.3 Å². The molecule has 172 valence electrons. The molecule has 0 aliphatic carbocycles. The van der Waals surface area contributed by atoms with E-state index >= 15 is 0 Å². The standard InChI is InChI=1S/C21H32N4O5S/c1-3-22(4-2)21(26)17-9-8-12-23(16-17)19-11-10-18(25(27)28)15-20(19)31(29,30)24-13-6-5-7-14-24/h10-11,15,17H,3-9,12-14,16H2,1-2H3. The van der Waals surface area contributed by atoms with Crippen LogP contribution in [0.3, 0.4) is 0 Å². The molecule has 1 aromatic carbocycles. The molecule has 0 bridgehead atoms. The average Bonchev–Trinajstić information content (AvgIpc) is 2.80. The van der Waals surface area contributed by atoms with E-state index in [1.165, 1.54) is 22.5 Å². The van der Waals surface area contributed by atoms with Crippen LogP contribution in [-0.2, 0) is 14.8 Å². The highest BCUT2D eigenvalue weighted by atomic mass is 32.2. The van der Waals surface area contributed by atoms with E-state index in [-0.39, 0.29) is 22.4 Å². The van der Waals surface area contributed by atoms with Gasteiger partial charge in [0.1, 0.15) is 4.90 Å². The lowest BCUT2D eigenvalue weighted by Gasteiger charge is -2.37. The minimum atomic E-state index is -3.87. The number of piperidine rings is 2. The van der Waals surface area contributed by atoms with Crippen molar-refractivity contribution in [2.45, 2.75) is 50.8 Å². The summed E-state index contributed by atoms with van der Waals surface area (Å²) < 4.78 is 28.3. The highest BCUT2D eigenvalue weighted by Gasteiger charge is 2.34. The van der Waals surface area contributed by atoms with Crippen LogP contribution in [-0.4, -0.2) is 67.7 Å². The number of hydrogen-bond donors (Lipinski definition) is 0. The van der Waals surface area contributed by atoms with Crippen LogP contribution >= 0.6 is 0 Å². The van der Waals surface area contributed by atoms with Crippen LogP contribution in [0.5, 0.6) is 0 Å². The van der Waals surface area contributed by atoms with Gasteiger partial charge in [0, 0.05) is 51.4 Å². The highest BCUT2D eigenvalue weighted by molar-refractivity contribution is 7.89. The van der Waals surface area contributed by atoms with Crippen molar-refractivity contribution in [3.8, 4) is 0 Å². The molecule has 2 heterocycles. The summed E-state index contributed by atoms with van der Waals surface area (Å²) in [7, 11) is -3.87. The molecule has 0 radical (unpaired) electrons. The van der Waals surface area contributed by atoms with E-state index < -0.39 is 14.9 Å². The minimum Gasteiger partial charge on any atom is -0.370 e. The first-order chi connectivity index (χ1) is 14.8. The summed E-state index contributed by atoms with van der Waals surface area (Å²) in [4.78, 5) is 27.4. The zero-order chi connectivity index (χ0) is 22.6. The molecular formula is C21H32N4O5S. The number of amides is 1. The van der Waals surface area contributed by atoms with Crippen LogP contribution in [0.15, 0.2) is 23.1 Å². The van der Waals surface area contributed by atoms with Crippen LogP contribution in [0.4, 0.5) is 11.4 Å².